The van der Waals surface area contributed by atoms with Crippen molar-refractivity contribution < 1.29 is 17.9 Å². The van der Waals surface area contributed by atoms with Crippen molar-refractivity contribution >= 4 is 0 Å². The van der Waals surface area contributed by atoms with Crippen LogP contribution in [0.4, 0.5) is 13.2 Å². The maximum Gasteiger partial charge on any atom is 0.416 e. The summed E-state index contributed by atoms with van der Waals surface area (Å²) in [4.78, 5) is 0. The van der Waals surface area contributed by atoms with Gasteiger partial charge in [0.05, 0.1) is 0 Å². The third-order valence-corrected chi connectivity index (χ3v) is 2.35. The van der Waals surface area contributed by atoms with E-state index < -0.39 is 18.3 Å². The number of ether oxygens (including phenoxy) is 1. The van der Waals surface area contributed by atoms with Gasteiger partial charge < -0.3 is 10.5 Å². The molecule has 0 heterocycles. The lowest BCUT2D eigenvalue weighted by molar-refractivity contribution is -0.225. The molecule has 0 bridgehead atoms. The molecule has 0 aliphatic carbocycles. The van der Waals surface area contributed by atoms with Gasteiger partial charge in [-0.25, -0.2) is 0 Å². The van der Waals surface area contributed by atoms with Crippen molar-refractivity contribution in [2.24, 2.45) is 5.73 Å². The molecule has 0 rings (SSSR count). The van der Waals surface area contributed by atoms with Gasteiger partial charge in [-0.1, -0.05) is 32.6 Å². The second-order valence-corrected chi connectivity index (χ2v) is 4.11. The summed E-state index contributed by atoms with van der Waals surface area (Å²) in [5, 5.41) is 0. The Kier molecular flexibility index (Phi) is 7.76. The zero-order valence-electron chi connectivity index (χ0n) is 10.0. The molecule has 5 heteroatoms. The molecular weight excluding hydrogens is 219 g/mol. The number of nitrogens with two attached hydrogens (primary N) is 1. The van der Waals surface area contributed by atoms with Crippen LogP contribution in [0.25, 0.3) is 0 Å². The van der Waals surface area contributed by atoms with Crippen molar-refractivity contribution in [1.82, 2.24) is 0 Å². The van der Waals surface area contributed by atoms with E-state index >= 15 is 0 Å². The molecule has 16 heavy (non-hydrogen) atoms. The van der Waals surface area contributed by atoms with Gasteiger partial charge >= 0.3 is 6.18 Å². The first kappa shape index (κ1) is 15.7. The molecule has 2 unspecified atom stereocenters. The monoisotopic (exact) mass is 241 g/mol. The van der Waals surface area contributed by atoms with Crippen molar-refractivity contribution in [2.45, 2.75) is 64.3 Å². The summed E-state index contributed by atoms with van der Waals surface area (Å²) in [5.74, 6) is 0. The molecule has 0 radical (unpaired) electrons. The van der Waals surface area contributed by atoms with E-state index in [1.165, 1.54) is 6.92 Å². The van der Waals surface area contributed by atoms with Gasteiger partial charge in [-0.15, -0.1) is 0 Å². The molecule has 0 amide bonds. The summed E-state index contributed by atoms with van der Waals surface area (Å²) in [5.41, 5.74) is 5.24. The molecular formula is C11H22F3NO. The van der Waals surface area contributed by atoms with Gasteiger partial charge in [-0.05, 0) is 13.3 Å². The van der Waals surface area contributed by atoms with Crippen LogP contribution < -0.4 is 5.73 Å². The van der Waals surface area contributed by atoms with E-state index in [9.17, 15) is 13.2 Å². The smallest absolute Gasteiger partial charge is 0.367 e. The average Bonchev–Trinajstić information content (AvgIpc) is 2.13. The second-order valence-electron chi connectivity index (χ2n) is 4.11. The van der Waals surface area contributed by atoms with Crippen LogP contribution in [0.15, 0.2) is 0 Å². The number of hydrogen-bond donors (Lipinski definition) is 1. The van der Waals surface area contributed by atoms with Crippen molar-refractivity contribution in [3.05, 3.63) is 0 Å². The van der Waals surface area contributed by atoms with Crippen LogP contribution in [0.3, 0.4) is 0 Å². The lowest BCUT2D eigenvalue weighted by atomic mass is 10.1. The highest BCUT2D eigenvalue weighted by atomic mass is 19.4. The molecule has 0 saturated heterocycles. The summed E-state index contributed by atoms with van der Waals surface area (Å²) in [6, 6.07) is -1.02. The van der Waals surface area contributed by atoms with Crippen LogP contribution in [0.2, 0.25) is 0 Å². The molecule has 0 aromatic rings. The minimum atomic E-state index is -4.36. The highest BCUT2D eigenvalue weighted by Crippen LogP contribution is 2.25. The van der Waals surface area contributed by atoms with Gasteiger partial charge in [0.25, 0.3) is 0 Å². The Morgan fingerprint density at radius 1 is 1.12 bits per heavy atom. The average molecular weight is 241 g/mol. The van der Waals surface area contributed by atoms with E-state index in [4.69, 9.17) is 10.5 Å². The minimum Gasteiger partial charge on any atom is -0.367 e. The fraction of sp³-hybridized carbons (Fsp3) is 1.00. The normalized spacial score (nSPS) is 16.1. The maximum absolute atomic E-state index is 12.4. The molecule has 2 atom stereocenters. The zero-order chi connectivity index (χ0) is 12.6. The first-order valence-electron chi connectivity index (χ1n) is 5.83. The summed E-state index contributed by atoms with van der Waals surface area (Å²) >= 11 is 0. The van der Waals surface area contributed by atoms with Crippen molar-refractivity contribution in [1.29, 1.82) is 0 Å². The molecule has 0 aliphatic heterocycles. The lowest BCUT2D eigenvalue weighted by Crippen LogP contribution is -2.45. The van der Waals surface area contributed by atoms with E-state index in [0.717, 1.165) is 25.7 Å². The van der Waals surface area contributed by atoms with Crippen LogP contribution in [0, 0.1) is 0 Å². The van der Waals surface area contributed by atoms with Crippen LogP contribution in [-0.2, 0) is 4.74 Å². The van der Waals surface area contributed by atoms with Gasteiger partial charge in [0.1, 0.15) is 0 Å². The number of unbranched alkanes of at least 4 members (excludes halogenated alkanes) is 4. The summed E-state index contributed by atoms with van der Waals surface area (Å²) in [7, 11) is 0. The molecule has 0 aliphatic rings. The molecule has 98 valence electrons. The zero-order valence-corrected chi connectivity index (χ0v) is 10.0. The van der Waals surface area contributed by atoms with Gasteiger partial charge in [0, 0.05) is 12.6 Å². The van der Waals surface area contributed by atoms with Crippen molar-refractivity contribution in [3.8, 4) is 0 Å². The van der Waals surface area contributed by atoms with Gasteiger partial charge in [-0.3, -0.25) is 0 Å². The van der Waals surface area contributed by atoms with E-state index in [-0.39, 0.29) is 6.61 Å². The Labute approximate surface area is 95.3 Å². The number of halogens is 3. The second kappa shape index (κ2) is 7.90. The Morgan fingerprint density at radius 2 is 1.69 bits per heavy atom. The topological polar surface area (TPSA) is 35.2 Å². The molecule has 0 fully saturated rings. The number of rotatable bonds is 8. The number of hydrogen-bond acceptors (Lipinski definition) is 2. The van der Waals surface area contributed by atoms with Crippen LogP contribution in [-0.4, -0.2) is 24.9 Å². The lowest BCUT2D eigenvalue weighted by Gasteiger charge is -2.23. The maximum atomic E-state index is 12.4. The Hall–Kier alpha value is -0.290. The largest absolute Gasteiger partial charge is 0.416 e. The third-order valence-electron chi connectivity index (χ3n) is 2.35. The van der Waals surface area contributed by atoms with E-state index in [2.05, 4.69) is 6.92 Å². The minimum absolute atomic E-state index is 0.134. The standard InChI is InChI=1S/C11H22F3NO/c1-3-4-5-6-7-8-16-10(9(2)15)11(12,13)14/h9-10H,3-8,15H2,1-2H3. The van der Waals surface area contributed by atoms with Gasteiger partial charge in [-0.2, -0.15) is 13.2 Å². The predicted octanol–water partition coefficient (Wildman–Crippen LogP) is 3.25. The van der Waals surface area contributed by atoms with E-state index in [0.29, 0.717) is 6.42 Å². The molecule has 0 spiro atoms. The van der Waals surface area contributed by atoms with E-state index in [1.807, 2.05) is 0 Å². The highest BCUT2D eigenvalue weighted by molar-refractivity contribution is 4.76. The quantitative estimate of drug-likeness (QED) is 0.662. The fourth-order valence-corrected chi connectivity index (χ4v) is 1.46. The van der Waals surface area contributed by atoms with Gasteiger partial charge in [0.2, 0.25) is 0 Å². The summed E-state index contributed by atoms with van der Waals surface area (Å²) < 4.78 is 42.0. The first-order valence-corrected chi connectivity index (χ1v) is 5.83. The van der Waals surface area contributed by atoms with E-state index in [1.54, 1.807) is 0 Å². The van der Waals surface area contributed by atoms with Gasteiger partial charge in [0.15, 0.2) is 6.10 Å². The summed E-state index contributed by atoms with van der Waals surface area (Å²) in [6.45, 7) is 3.54. The van der Waals surface area contributed by atoms with Crippen LogP contribution >= 0.6 is 0 Å². The summed E-state index contributed by atoms with van der Waals surface area (Å²) in [6.07, 6.45) is -1.33. The highest BCUT2D eigenvalue weighted by Gasteiger charge is 2.42. The Bertz CT molecular complexity index is 171. The molecule has 0 saturated carbocycles. The number of alkyl halides is 3. The van der Waals surface area contributed by atoms with Crippen LogP contribution in [0.5, 0.6) is 0 Å². The Balaban J connectivity index is 3.70. The molecule has 2 N–H and O–H groups in total. The first-order chi connectivity index (χ1) is 7.39. The van der Waals surface area contributed by atoms with Crippen LogP contribution in [0.1, 0.15) is 46.0 Å². The molecule has 2 nitrogen and oxygen atoms in total. The third kappa shape index (κ3) is 7.06. The fourth-order valence-electron chi connectivity index (χ4n) is 1.46. The van der Waals surface area contributed by atoms with Crippen molar-refractivity contribution in [2.75, 3.05) is 6.61 Å². The molecule has 0 aromatic carbocycles. The predicted molar refractivity (Wildman–Crippen MR) is 58.2 cm³/mol. The van der Waals surface area contributed by atoms with Crippen molar-refractivity contribution in [3.63, 3.8) is 0 Å². The SMILES string of the molecule is CCCCCCCOC(C(C)N)C(F)(F)F. The molecule has 0 aromatic heterocycles. The Morgan fingerprint density at radius 3 is 2.12 bits per heavy atom.